The summed E-state index contributed by atoms with van der Waals surface area (Å²) in [5.74, 6) is 0.707. The third-order valence-corrected chi connectivity index (χ3v) is 4.14. The van der Waals surface area contributed by atoms with Crippen LogP contribution in [0.2, 0.25) is 0 Å². The third kappa shape index (κ3) is 3.67. The van der Waals surface area contributed by atoms with E-state index in [4.69, 9.17) is 10.5 Å². The van der Waals surface area contributed by atoms with E-state index in [0.717, 1.165) is 5.56 Å². The monoisotopic (exact) mass is 399 g/mol. The van der Waals surface area contributed by atoms with E-state index in [0.29, 0.717) is 20.8 Å². The molecule has 0 aromatic heterocycles. The predicted octanol–water partition coefficient (Wildman–Crippen LogP) is 5.41. The minimum atomic E-state index is -0.330. The standard InChI is InChI=1S/C17H19FINO/c1-10-7-11(17(2,3)4)5-6-15(10)21-16-8-12(18)13(19)9-14(16)20/h5-9H,20H2,1-4H3. The van der Waals surface area contributed by atoms with Crippen molar-refractivity contribution >= 4 is 28.3 Å². The van der Waals surface area contributed by atoms with Gasteiger partial charge in [0, 0.05) is 6.07 Å². The Morgan fingerprint density at radius 2 is 1.76 bits per heavy atom. The number of nitrogen functional groups attached to an aromatic ring is 1. The quantitative estimate of drug-likeness (QED) is 0.541. The Morgan fingerprint density at radius 1 is 1.10 bits per heavy atom. The average molecular weight is 399 g/mol. The molecule has 0 radical (unpaired) electrons. The van der Waals surface area contributed by atoms with Gasteiger partial charge >= 0.3 is 0 Å². The van der Waals surface area contributed by atoms with Crippen LogP contribution in [0.3, 0.4) is 0 Å². The van der Waals surface area contributed by atoms with Crippen molar-refractivity contribution in [3.05, 3.63) is 50.8 Å². The average Bonchev–Trinajstić information content (AvgIpc) is 2.36. The first kappa shape index (κ1) is 16.1. The highest BCUT2D eigenvalue weighted by Crippen LogP contribution is 2.34. The summed E-state index contributed by atoms with van der Waals surface area (Å²) in [6.07, 6.45) is 0. The summed E-state index contributed by atoms with van der Waals surface area (Å²) in [5.41, 5.74) is 8.63. The minimum absolute atomic E-state index is 0.0806. The molecule has 0 spiro atoms. The lowest BCUT2D eigenvalue weighted by Gasteiger charge is -2.20. The molecule has 0 unspecified atom stereocenters. The first-order chi connectivity index (χ1) is 9.68. The van der Waals surface area contributed by atoms with Crippen molar-refractivity contribution in [3.63, 3.8) is 0 Å². The second-order valence-corrected chi connectivity index (χ2v) is 7.30. The molecule has 2 N–H and O–H groups in total. The predicted molar refractivity (Wildman–Crippen MR) is 93.5 cm³/mol. The van der Waals surface area contributed by atoms with Crippen LogP contribution in [0.15, 0.2) is 30.3 Å². The highest BCUT2D eigenvalue weighted by molar-refractivity contribution is 14.1. The van der Waals surface area contributed by atoms with Crippen molar-refractivity contribution in [2.75, 3.05) is 5.73 Å². The Hall–Kier alpha value is -1.30. The molecule has 0 aliphatic rings. The zero-order chi connectivity index (χ0) is 15.8. The maximum atomic E-state index is 13.6. The summed E-state index contributed by atoms with van der Waals surface area (Å²) in [6.45, 7) is 8.46. The fraction of sp³-hybridized carbons (Fsp3) is 0.294. The molecule has 0 heterocycles. The van der Waals surface area contributed by atoms with E-state index in [1.807, 2.05) is 41.6 Å². The van der Waals surface area contributed by atoms with Gasteiger partial charge in [-0.15, -0.1) is 0 Å². The maximum Gasteiger partial charge on any atom is 0.153 e. The van der Waals surface area contributed by atoms with Crippen LogP contribution in [0.4, 0.5) is 10.1 Å². The van der Waals surface area contributed by atoms with Crippen LogP contribution in [0, 0.1) is 16.3 Å². The normalized spacial score (nSPS) is 11.5. The molecular weight excluding hydrogens is 380 g/mol. The molecule has 0 amide bonds. The largest absolute Gasteiger partial charge is 0.455 e. The molecule has 0 saturated heterocycles. The van der Waals surface area contributed by atoms with E-state index in [1.54, 1.807) is 6.07 Å². The lowest BCUT2D eigenvalue weighted by molar-refractivity contribution is 0.474. The van der Waals surface area contributed by atoms with Gasteiger partial charge in [0.2, 0.25) is 0 Å². The highest BCUT2D eigenvalue weighted by atomic mass is 127. The summed E-state index contributed by atoms with van der Waals surface area (Å²) in [6, 6.07) is 8.93. The van der Waals surface area contributed by atoms with E-state index in [9.17, 15) is 4.39 Å². The fourth-order valence-electron chi connectivity index (χ4n) is 1.98. The highest BCUT2D eigenvalue weighted by Gasteiger charge is 2.15. The SMILES string of the molecule is Cc1cc(C(C)(C)C)ccc1Oc1cc(F)c(I)cc1N. The van der Waals surface area contributed by atoms with Gasteiger partial charge in [-0.1, -0.05) is 32.9 Å². The number of hydrogen-bond acceptors (Lipinski definition) is 2. The molecule has 21 heavy (non-hydrogen) atoms. The number of anilines is 1. The minimum Gasteiger partial charge on any atom is -0.455 e. The van der Waals surface area contributed by atoms with Crippen LogP contribution < -0.4 is 10.5 Å². The Bertz CT molecular complexity index is 677. The molecule has 0 atom stereocenters. The lowest BCUT2D eigenvalue weighted by Crippen LogP contribution is -2.11. The van der Waals surface area contributed by atoms with Crippen LogP contribution in [0.5, 0.6) is 11.5 Å². The fourth-order valence-corrected chi connectivity index (χ4v) is 2.47. The third-order valence-electron chi connectivity index (χ3n) is 3.31. The molecule has 2 nitrogen and oxygen atoms in total. The second-order valence-electron chi connectivity index (χ2n) is 6.14. The van der Waals surface area contributed by atoms with Crippen molar-refractivity contribution in [1.82, 2.24) is 0 Å². The summed E-state index contributed by atoms with van der Waals surface area (Å²) >= 11 is 1.91. The number of aryl methyl sites for hydroxylation is 1. The van der Waals surface area contributed by atoms with E-state index in [-0.39, 0.29) is 11.2 Å². The van der Waals surface area contributed by atoms with Gasteiger partial charge < -0.3 is 10.5 Å². The second kappa shape index (κ2) is 5.83. The molecule has 0 aliphatic heterocycles. The smallest absolute Gasteiger partial charge is 0.153 e. The van der Waals surface area contributed by atoms with E-state index < -0.39 is 0 Å². The molecule has 112 valence electrons. The number of halogens is 2. The van der Waals surface area contributed by atoms with Crippen LogP contribution in [0.25, 0.3) is 0 Å². The molecule has 0 bridgehead atoms. The Morgan fingerprint density at radius 3 is 2.33 bits per heavy atom. The van der Waals surface area contributed by atoms with E-state index in [2.05, 4.69) is 26.8 Å². The van der Waals surface area contributed by atoms with Gasteiger partial charge in [-0.25, -0.2) is 4.39 Å². The molecule has 0 fully saturated rings. The number of rotatable bonds is 2. The molecule has 2 rings (SSSR count). The topological polar surface area (TPSA) is 35.2 Å². The van der Waals surface area contributed by atoms with Gasteiger partial charge in [0.1, 0.15) is 11.6 Å². The zero-order valence-electron chi connectivity index (χ0n) is 12.6. The molecule has 2 aromatic carbocycles. The van der Waals surface area contributed by atoms with Gasteiger partial charge in [-0.05, 0) is 58.2 Å². The molecule has 4 heteroatoms. The summed E-state index contributed by atoms with van der Waals surface area (Å²) in [4.78, 5) is 0. The van der Waals surface area contributed by atoms with E-state index in [1.165, 1.54) is 11.6 Å². The van der Waals surface area contributed by atoms with Gasteiger partial charge in [-0.2, -0.15) is 0 Å². The van der Waals surface area contributed by atoms with Crippen LogP contribution in [-0.2, 0) is 5.41 Å². The zero-order valence-corrected chi connectivity index (χ0v) is 14.8. The van der Waals surface area contributed by atoms with Gasteiger partial charge in [0.15, 0.2) is 5.75 Å². The number of hydrogen-bond donors (Lipinski definition) is 1. The van der Waals surface area contributed by atoms with Gasteiger partial charge in [0.25, 0.3) is 0 Å². The Kier molecular flexibility index (Phi) is 4.46. The molecular formula is C17H19FINO. The lowest BCUT2D eigenvalue weighted by atomic mass is 9.86. The molecule has 0 aliphatic carbocycles. The van der Waals surface area contributed by atoms with Crippen LogP contribution in [0.1, 0.15) is 31.9 Å². The summed E-state index contributed by atoms with van der Waals surface area (Å²) in [7, 11) is 0. The Balaban J connectivity index is 2.35. The Labute approximate surface area is 138 Å². The first-order valence-corrected chi connectivity index (χ1v) is 7.80. The van der Waals surface area contributed by atoms with Crippen molar-refractivity contribution in [3.8, 4) is 11.5 Å². The molecule has 0 saturated carbocycles. The van der Waals surface area contributed by atoms with E-state index >= 15 is 0 Å². The molecule has 2 aromatic rings. The first-order valence-electron chi connectivity index (χ1n) is 6.72. The van der Waals surface area contributed by atoms with Gasteiger partial charge in [0.05, 0.1) is 9.26 Å². The summed E-state index contributed by atoms with van der Waals surface area (Å²) in [5, 5.41) is 0. The van der Waals surface area contributed by atoms with Crippen molar-refractivity contribution in [2.45, 2.75) is 33.1 Å². The van der Waals surface area contributed by atoms with Gasteiger partial charge in [-0.3, -0.25) is 0 Å². The van der Waals surface area contributed by atoms with Crippen LogP contribution in [-0.4, -0.2) is 0 Å². The van der Waals surface area contributed by atoms with Crippen LogP contribution >= 0.6 is 22.6 Å². The van der Waals surface area contributed by atoms with Crippen molar-refractivity contribution < 1.29 is 9.13 Å². The number of benzene rings is 2. The maximum absolute atomic E-state index is 13.6. The van der Waals surface area contributed by atoms with Crippen molar-refractivity contribution in [2.24, 2.45) is 0 Å². The van der Waals surface area contributed by atoms with Crippen molar-refractivity contribution in [1.29, 1.82) is 0 Å². The number of ether oxygens (including phenoxy) is 1. The number of nitrogens with two attached hydrogens (primary N) is 1. The summed E-state index contributed by atoms with van der Waals surface area (Å²) < 4.78 is 19.9.